The molecule has 0 aromatic heterocycles. The minimum Gasteiger partial charge on any atom is -0.394 e. The fraction of sp³-hybridized carbons (Fsp3) is 0.800. The second kappa shape index (κ2) is 5.67. The number of hydrogen-bond donors (Lipinski definition) is 2. The van der Waals surface area contributed by atoms with E-state index in [1.807, 2.05) is 0 Å². The molecule has 11 heavy (non-hydrogen) atoms. The van der Waals surface area contributed by atoms with E-state index in [4.69, 9.17) is 15.7 Å². The van der Waals surface area contributed by atoms with Gasteiger partial charge >= 0.3 is 0 Å². The molecule has 0 aromatic carbocycles. The van der Waals surface area contributed by atoms with Crippen molar-refractivity contribution >= 4 is 6.29 Å². The first-order chi connectivity index (χ1) is 5.26. The second-order valence-electron chi connectivity index (χ2n) is 1.92. The van der Waals surface area contributed by atoms with Gasteiger partial charge in [0.05, 0.1) is 18.8 Å². The number of aliphatic hydroxyl groups excluding tert-OH is 2. The molecular weight excluding hydrogens is 150 g/mol. The Morgan fingerprint density at radius 3 is 2.73 bits per heavy atom. The molecule has 0 aromatic rings. The van der Waals surface area contributed by atoms with E-state index in [-0.39, 0.29) is 6.42 Å². The van der Waals surface area contributed by atoms with Gasteiger partial charge in [0, 0.05) is 11.3 Å². The number of hydrogen-bond acceptors (Lipinski definition) is 4. The van der Waals surface area contributed by atoms with Gasteiger partial charge in [-0.1, -0.05) is 5.11 Å². The maximum absolute atomic E-state index is 9.93. The SMILES string of the molecule is [N-]=[N+]=N[C@@H](CC=O)[C@H](O)CO. The minimum absolute atomic E-state index is 0.0776. The highest BCUT2D eigenvalue weighted by molar-refractivity contribution is 5.50. The highest BCUT2D eigenvalue weighted by atomic mass is 16.3. The Morgan fingerprint density at radius 2 is 2.36 bits per heavy atom. The molecule has 0 bridgehead atoms. The summed E-state index contributed by atoms with van der Waals surface area (Å²) in [5.41, 5.74) is 7.96. The average Bonchev–Trinajstić information content (AvgIpc) is 2.03. The van der Waals surface area contributed by atoms with E-state index in [1.165, 1.54) is 0 Å². The molecule has 6 heteroatoms. The third-order valence-electron chi connectivity index (χ3n) is 1.17. The molecule has 6 nitrogen and oxygen atoms in total. The van der Waals surface area contributed by atoms with Crippen LogP contribution >= 0.6 is 0 Å². The summed E-state index contributed by atoms with van der Waals surface area (Å²) in [5, 5.41) is 20.4. The van der Waals surface area contributed by atoms with Crippen LogP contribution in [0.4, 0.5) is 0 Å². The summed E-state index contributed by atoms with van der Waals surface area (Å²) in [6, 6.07) is -0.859. The van der Waals surface area contributed by atoms with Crippen LogP contribution in [0, 0.1) is 0 Å². The van der Waals surface area contributed by atoms with Crippen molar-refractivity contribution in [3.05, 3.63) is 10.4 Å². The topological polar surface area (TPSA) is 106 Å². The number of aldehydes is 1. The molecule has 0 fully saturated rings. The fourth-order valence-corrected chi connectivity index (χ4v) is 0.568. The first-order valence-corrected chi connectivity index (χ1v) is 3.03. The van der Waals surface area contributed by atoms with Crippen LogP contribution < -0.4 is 0 Å². The molecule has 62 valence electrons. The molecule has 2 atom stereocenters. The molecular formula is C5H9N3O3. The van der Waals surface area contributed by atoms with E-state index < -0.39 is 18.8 Å². The van der Waals surface area contributed by atoms with Crippen molar-refractivity contribution in [2.75, 3.05) is 6.61 Å². The zero-order chi connectivity index (χ0) is 8.69. The van der Waals surface area contributed by atoms with Crippen LogP contribution in [0.15, 0.2) is 5.11 Å². The van der Waals surface area contributed by atoms with Crippen LogP contribution in [0.5, 0.6) is 0 Å². The number of carbonyl (C=O) groups excluding carboxylic acids is 1. The average molecular weight is 159 g/mol. The summed E-state index contributed by atoms with van der Waals surface area (Å²) >= 11 is 0. The lowest BCUT2D eigenvalue weighted by Gasteiger charge is -2.11. The Kier molecular flexibility index (Phi) is 5.10. The van der Waals surface area contributed by atoms with Gasteiger partial charge in [-0.05, 0) is 5.53 Å². The highest BCUT2D eigenvalue weighted by Gasteiger charge is 2.15. The molecule has 0 aliphatic carbocycles. The Hall–Kier alpha value is -1.10. The molecule has 0 unspecified atom stereocenters. The van der Waals surface area contributed by atoms with Crippen LogP contribution in [-0.4, -0.2) is 35.3 Å². The minimum atomic E-state index is -1.16. The molecule has 2 N–H and O–H groups in total. The Morgan fingerprint density at radius 1 is 1.73 bits per heavy atom. The Bertz CT molecular complexity index is 166. The van der Waals surface area contributed by atoms with Crippen LogP contribution in [-0.2, 0) is 4.79 Å². The summed E-state index contributed by atoms with van der Waals surface area (Å²) in [5.74, 6) is 0. The molecule has 0 rings (SSSR count). The zero-order valence-electron chi connectivity index (χ0n) is 5.79. The van der Waals surface area contributed by atoms with Crippen LogP contribution in [0.2, 0.25) is 0 Å². The smallest absolute Gasteiger partial charge is 0.120 e. The molecule has 0 aliphatic heterocycles. The Labute approximate surface area is 63.1 Å². The maximum atomic E-state index is 9.93. The van der Waals surface area contributed by atoms with Crippen molar-refractivity contribution in [2.24, 2.45) is 5.11 Å². The highest BCUT2D eigenvalue weighted by Crippen LogP contribution is 2.02. The van der Waals surface area contributed by atoms with E-state index in [0.717, 1.165) is 0 Å². The van der Waals surface area contributed by atoms with Gasteiger partial charge in [-0.25, -0.2) is 0 Å². The second-order valence-corrected chi connectivity index (χ2v) is 1.92. The van der Waals surface area contributed by atoms with Gasteiger partial charge in [-0.3, -0.25) is 0 Å². The third kappa shape index (κ3) is 3.57. The van der Waals surface area contributed by atoms with E-state index in [0.29, 0.717) is 6.29 Å². The number of aliphatic hydroxyl groups is 2. The molecule has 0 heterocycles. The summed E-state index contributed by atoms with van der Waals surface area (Å²) < 4.78 is 0. The summed E-state index contributed by atoms with van der Waals surface area (Å²) in [7, 11) is 0. The lowest BCUT2D eigenvalue weighted by atomic mass is 10.1. The number of carbonyl (C=O) groups is 1. The van der Waals surface area contributed by atoms with Gasteiger partial charge in [0.25, 0.3) is 0 Å². The zero-order valence-corrected chi connectivity index (χ0v) is 5.79. The lowest BCUT2D eigenvalue weighted by molar-refractivity contribution is -0.108. The molecule has 0 saturated carbocycles. The Balaban J connectivity index is 4.06. The van der Waals surface area contributed by atoms with Gasteiger partial charge in [0.15, 0.2) is 0 Å². The lowest BCUT2D eigenvalue weighted by Crippen LogP contribution is -2.27. The predicted molar refractivity (Wildman–Crippen MR) is 36.7 cm³/mol. The molecule has 0 radical (unpaired) electrons. The molecule has 0 amide bonds. The number of nitrogens with zero attached hydrogens (tertiary/aromatic N) is 3. The van der Waals surface area contributed by atoms with Crippen molar-refractivity contribution in [3.63, 3.8) is 0 Å². The van der Waals surface area contributed by atoms with Crippen molar-refractivity contribution in [3.8, 4) is 0 Å². The summed E-state index contributed by atoms with van der Waals surface area (Å²) in [4.78, 5) is 12.4. The molecule has 0 saturated heterocycles. The van der Waals surface area contributed by atoms with Gasteiger partial charge in [-0.2, -0.15) is 0 Å². The van der Waals surface area contributed by atoms with Gasteiger partial charge in [0.2, 0.25) is 0 Å². The van der Waals surface area contributed by atoms with Crippen molar-refractivity contribution in [2.45, 2.75) is 18.6 Å². The van der Waals surface area contributed by atoms with Gasteiger partial charge in [-0.15, -0.1) is 0 Å². The standard InChI is InChI=1S/C5H9N3O3/c6-8-7-4(1-2-9)5(11)3-10/h2,4-5,10-11H,1,3H2/t4-,5+/m0/s1. The van der Waals surface area contributed by atoms with Gasteiger partial charge in [0.1, 0.15) is 6.29 Å². The normalized spacial score (nSPS) is 14.7. The van der Waals surface area contributed by atoms with Crippen LogP contribution in [0.1, 0.15) is 6.42 Å². The van der Waals surface area contributed by atoms with Crippen LogP contribution in [0.25, 0.3) is 10.4 Å². The number of rotatable bonds is 5. The maximum Gasteiger partial charge on any atom is 0.120 e. The van der Waals surface area contributed by atoms with Crippen LogP contribution in [0.3, 0.4) is 0 Å². The summed E-state index contributed by atoms with van der Waals surface area (Å²) in [6.07, 6.45) is -0.708. The number of azide groups is 1. The van der Waals surface area contributed by atoms with E-state index in [9.17, 15) is 4.79 Å². The van der Waals surface area contributed by atoms with Gasteiger partial charge < -0.3 is 15.0 Å². The fourth-order valence-electron chi connectivity index (χ4n) is 0.568. The molecule has 0 spiro atoms. The third-order valence-corrected chi connectivity index (χ3v) is 1.17. The van der Waals surface area contributed by atoms with E-state index in [2.05, 4.69) is 10.0 Å². The van der Waals surface area contributed by atoms with Crippen molar-refractivity contribution in [1.29, 1.82) is 0 Å². The molecule has 0 aliphatic rings. The van der Waals surface area contributed by atoms with Crippen molar-refractivity contribution in [1.82, 2.24) is 0 Å². The largest absolute Gasteiger partial charge is 0.394 e. The quantitative estimate of drug-likeness (QED) is 0.247. The van der Waals surface area contributed by atoms with E-state index in [1.54, 1.807) is 0 Å². The first-order valence-electron chi connectivity index (χ1n) is 3.03. The van der Waals surface area contributed by atoms with E-state index >= 15 is 0 Å². The monoisotopic (exact) mass is 159 g/mol. The van der Waals surface area contributed by atoms with Crippen molar-refractivity contribution < 1.29 is 15.0 Å². The summed E-state index contributed by atoms with van der Waals surface area (Å²) in [6.45, 7) is -0.516. The first kappa shape index (κ1) is 9.90. The predicted octanol–water partition coefficient (Wildman–Crippen LogP) is -0.392.